The van der Waals surface area contributed by atoms with Crippen LogP contribution < -0.4 is 5.73 Å². The van der Waals surface area contributed by atoms with E-state index in [1.165, 1.54) is 12.3 Å². The molecule has 5 aromatic rings. The first-order valence-corrected chi connectivity index (χ1v) is 13.8. The van der Waals surface area contributed by atoms with Crippen molar-refractivity contribution in [2.45, 2.75) is 50.8 Å². The molecule has 1 unspecified atom stereocenters. The Kier molecular flexibility index (Phi) is 6.82. The van der Waals surface area contributed by atoms with Crippen LogP contribution in [-0.2, 0) is 6.18 Å². The fraction of sp³-hybridized carbons (Fsp3) is 0.273. The van der Waals surface area contributed by atoms with Gasteiger partial charge >= 0.3 is 6.18 Å². The lowest BCUT2D eigenvalue weighted by molar-refractivity contribution is -0.141. The molecule has 5 nitrogen and oxygen atoms in total. The van der Waals surface area contributed by atoms with E-state index in [-0.39, 0.29) is 12.0 Å². The van der Waals surface area contributed by atoms with Gasteiger partial charge in [0.2, 0.25) is 5.91 Å². The van der Waals surface area contributed by atoms with Crippen molar-refractivity contribution in [3.63, 3.8) is 0 Å². The van der Waals surface area contributed by atoms with Crippen LogP contribution in [0.25, 0.3) is 38.6 Å². The molecule has 2 heterocycles. The smallest absolute Gasteiger partial charge is 0.393 e. The Morgan fingerprint density at radius 2 is 1.71 bits per heavy atom. The maximum absolute atomic E-state index is 13.2. The number of rotatable bonds is 5. The second-order valence-electron chi connectivity index (χ2n) is 11.0. The number of aliphatic hydroxyl groups is 1. The van der Waals surface area contributed by atoms with Crippen molar-refractivity contribution in [1.29, 1.82) is 0 Å². The molecule has 3 N–H and O–H groups in total. The van der Waals surface area contributed by atoms with Gasteiger partial charge < -0.3 is 15.4 Å². The van der Waals surface area contributed by atoms with E-state index < -0.39 is 17.8 Å². The summed E-state index contributed by atoms with van der Waals surface area (Å²) in [5.74, 6) is -0.0935. The Labute approximate surface area is 235 Å². The number of amides is 1. The molecule has 1 aliphatic rings. The van der Waals surface area contributed by atoms with Gasteiger partial charge in [-0.3, -0.25) is 9.78 Å². The number of nitrogens with zero attached hydrogens (tertiary/aromatic N) is 2. The summed E-state index contributed by atoms with van der Waals surface area (Å²) in [6.45, 7) is 2.12. The average molecular weight is 558 g/mol. The highest BCUT2D eigenvalue weighted by molar-refractivity contribution is 6.15. The number of hydrogen-bond donors (Lipinski definition) is 2. The van der Waals surface area contributed by atoms with Crippen molar-refractivity contribution in [3.05, 3.63) is 95.8 Å². The molecule has 2 aromatic heterocycles. The summed E-state index contributed by atoms with van der Waals surface area (Å²) in [5.41, 5.74) is 10.3. The van der Waals surface area contributed by atoms with E-state index in [9.17, 15) is 23.1 Å². The van der Waals surface area contributed by atoms with Crippen molar-refractivity contribution in [2.75, 3.05) is 0 Å². The Balaban J connectivity index is 1.53. The fourth-order valence-corrected chi connectivity index (χ4v) is 6.40. The first kappa shape index (κ1) is 27.0. The number of carbonyl (C=O) groups excluding carboxylic acids is 1. The second-order valence-corrected chi connectivity index (χ2v) is 11.0. The molecule has 1 saturated carbocycles. The Morgan fingerprint density at radius 1 is 0.976 bits per heavy atom. The van der Waals surface area contributed by atoms with Crippen molar-refractivity contribution in [2.24, 2.45) is 11.7 Å². The highest BCUT2D eigenvalue weighted by Gasteiger charge is 2.32. The van der Waals surface area contributed by atoms with Gasteiger partial charge in [-0.25, -0.2) is 0 Å². The van der Waals surface area contributed by atoms with Gasteiger partial charge in [0.1, 0.15) is 5.69 Å². The molecule has 0 spiro atoms. The van der Waals surface area contributed by atoms with E-state index in [1.807, 2.05) is 54.6 Å². The Morgan fingerprint density at radius 3 is 2.39 bits per heavy atom. The number of hydrogen-bond acceptors (Lipinski definition) is 3. The molecule has 0 saturated heterocycles. The van der Waals surface area contributed by atoms with Crippen LogP contribution in [0.3, 0.4) is 0 Å². The average Bonchev–Trinajstić information content (AvgIpc) is 3.31. The number of aromatic nitrogens is 2. The summed E-state index contributed by atoms with van der Waals surface area (Å²) < 4.78 is 41.6. The molecule has 0 radical (unpaired) electrons. The standard InChI is InChI=1S/C33H30F3N3O2/c1-19(20-9-13-23(40)14-10-20)27-17-22(12-15-25(27)32(37)41)39-28-7-3-2-5-26(28)31-24(6-4-8-29(31)39)21-11-16-30(38-18-21)33(34,35)36/h2-8,11-12,15-20,23,40H,9-10,13-14H2,1H3,(H2,37,41). The number of pyridine rings is 1. The SMILES string of the molecule is CC(c1cc(-n2c3ccccc3c3c(-c4ccc(C(F)(F)F)nc4)cccc32)ccc1C(N)=O)C1CCC(O)CC1. The van der Waals surface area contributed by atoms with Gasteiger partial charge in [-0.1, -0.05) is 43.3 Å². The molecular weight excluding hydrogens is 527 g/mol. The molecule has 1 aliphatic carbocycles. The molecule has 1 atom stereocenters. The van der Waals surface area contributed by atoms with Crippen molar-refractivity contribution < 1.29 is 23.1 Å². The zero-order valence-electron chi connectivity index (χ0n) is 22.5. The largest absolute Gasteiger partial charge is 0.433 e. The van der Waals surface area contributed by atoms with Gasteiger partial charge in [0.05, 0.1) is 17.1 Å². The summed E-state index contributed by atoms with van der Waals surface area (Å²) in [6.07, 6.45) is -0.262. The topological polar surface area (TPSA) is 81.1 Å². The van der Waals surface area contributed by atoms with Crippen LogP contribution in [0.1, 0.15) is 60.1 Å². The van der Waals surface area contributed by atoms with Crippen molar-refractivity contribution in [3.8, 4) is 16.8 Å². The molecule has 210 valence electrons. The van der Waals surface area contributed by atoms with Crippen LogP contribution >= 0.6 is 0 Å². The number of carbonyl (C=O) groups is 1. The van der Waals surface area contributed by atoms with E-state index in [4.69, 9.17) is 5.73 Å². The number of halogens is 3. The maximum Gasteiger partial charge on any atom is 0.433 e. The summed E-state index contributed by atoms with van der Waals surface area (Å²) in [4.78, 5) is 16.2. The zero-order chi connectivity index (χ0) is 28.9. The number of alkyl halides is 3. The van der Waals surface area contributed by atoms with Crippen molar-refractivity contribution in [1.82, 2.24) is 9.55 Å². The van der Waals surface area contributed by atoms with Gasteiger partial charge in [0, 0.05) is 33.8 Å². The van der Waals surface area contributed by atoms with Gasteiger partial charge in [-0.2, -0.15) is 13.2 Å². The molecule has 41 heavy (non-hydrogen) atoms. The van der Waals surface area contributed by atoms with Gasteiger partial charge in [-0.15, -0.1) is 0 Å². The summed E-state index contributed by atoms with van der Waals surface area (Å²) in [5, 5.41) is 11.9. The molecule has 0 aliphatic heterocycles. The van der Waals surface area contributed by atoms with Crippen molar-refractivity contribution >= 4 is 27.7 Å². The minimum absolute atomic E-state index is 0.0619. The van der Waals surface area contributed by atoms with Crippen LogP contribution in [0.2, 0.25) is 0 Å². The van der Waals surface area contributed by atoms with E-state index >= 15 is 0 Å². The first-order valence-electron chi connectivity index (χ1n) is 13.8. The van der Waals surface area contributed by atoms with E-state index in [0.29, 0.717) is 17.0 Å². The van der Waals surface area contributed by atoms with E-state index in [1.54, 1.807) is 6.07 Å². The van der Waals surface area contributed by atoms with Crippen LogP contribution in [0.4, 0.5) is 13.2 Å². The fourth-order valence-electron chi connectivity index (χ4n) is 6.40. The molecule has 3 aromatic carbocycles. The lowest BCUT2D eigenvalue weighted by Crippen LogP contribution is -2.24. The predicted octanol–water partition coefficient (Wildman–Crippen LogP) is 7.62. The number of aliphatic hydroxyl groups excluding tert-OH is 1. The summed E-state index contributed by atoms with van der Waals surface area (Å²) in [6, 6.07) is 21.8. The zero-order valence-corrected chi connectivity index (χ0v) is 22.5. The monoisotopic (exact) mass is 557 g/mol. The molecule has 6 rings (SSSR count). The maximum atomic E-state index is 13.2. The lowest BCUT2D eigenvalue weighted by atomic mass is 9.75. The van der Waals surface area contributed by atoms with Crippen LogP contribution in [0.15, 0.2) is 79.0 Å². The van der Waals surface area contributed by atoms with E-state index in [0.717, 1.165) is 70.4 Å². The third kappa shape index (κ3) is 4.86. The van der Waals surface area contributed by atoms with Gasteiger partial charge in [0.25, 0.3) is 0 Å². The first-order chi connectivity index (χ1) is 19.6. The van der Waals surface area contributed by atoms with Crippen LogP contribution in [0, 0.1) is 5.92 Å². The molecule has 1 fully saturated rings. The Bertz CT molecular complexity index is 1750. The highest BCUT2D eigenvalue weighted by Crippen LogP contribution is 2.41. The molecule has 1 amide bonds. The minimum atomic E-state index is -4.51. The lowest BCUT2D eigenvalue weighted by Gasteiger charge is -2.31. The van der Waals surface area contributed by atoms with Gasteiger partial charge in [0.15, 0.2) is 0 Å². The summed E-state index contributed by atoms with van der Waals surface area (Å²) >= 11 is 0. The number of fused-ring (bicyclic) bond motifs is 3. The van der Waals surface area contributed by atoms with Crippen LogP contribution in [0.5, 0.6) is 0 Å². The number of primary amides is 1. The molecular formula is C33H30F3N3O2. The quantitative estimate of drug-likeness (QED) is 0.233. The predicted molar refractivity (Wildman–Crippen MR) is 154 cm³/mol. The second kappa shape index (κ2) is 10.3. The third-order valence-corrected chi connectivity index (χ3v) is 8.56. The minimum Gasteiger partial charge on any atom is -0.393 e. The Hall–Kier alpha value is -4.17. The molecule has 0 bridgehead atoms. The van der Waals surface area contributed by atoms with E-state index in [2.05, 4.69) is 16.5 Å². The van der Waals surface area contributed by atoms with Crippen LogP contribution in [-0.4, -0.2) is 26.7 Å². The normalized spacial score (nSPS) is 18.6. The number of benzene rings is 3. The number of nitrogens with two attached hydrogens (primary N) is 1. The third-order valence-electron chi connectivity index (χ3n) is 8.56. The highest BCUT2D eigenvalue weighted by atomic mass is 19.4. The number of para-hydroxylation sites is 1. The van der Waals surface area contributed by atoms with Gasteiger partial charge in [-0.05, 0) is 85.0 Å². The summed E-state index contributed by atoms with van der Waals surface area (Å²) in [7, 11) is 0. The molecule has 8 heteroatoms.